The standard InChI is InChI=1S/C15H30O7/c1-9(2)19-10(3)20-12-7-13(22-15(4,5)18-6)21-14(12)11(17)8-16/h9-14,16-17H,7-8H2,1-6H3/t10?,11?,12-,13-,14-/m1/s1. The molecule has 1 saturated heterocycles. The molecule has 5 atom stereocenters. The lowest BCUT2D eigenvalue weighted by Crippen LogP contribution is -2.40. The number of aliphatic hydroxyl groups excluding tert-OH is 2. The van der Waals surface area contributed by atoms with Crippen LogP contribution < -0.4 is 0 Å². The molecule has 0 bridgehead atoms. The van der Waals surface area contributed by atoms with Crippen LogP contribution in [0.5, 0.6) is 0 Å². The largest absolute Gasteiger partial charge is 0.394 e. The fourth-order valence-corrected chi connectivity index (χ4v) is 2.32. The van der Waals surface area contributed by atoms with Gasteiger partial charge in [0.05, 0.1) is 18.8 Å². The smallest absolute Gasteiger partial charge is 0.165 e. The molecule has 0 radical (unpaired) electrons. The van der Waals surface area contributed by atoms with E-state index in [1.807, 2.05) is 13.8 Å². The Morgan fingerprint density at radius 3 is 2.41 bits per heavy atom. The van der Waals surface area contributed by atoms with Gasteiger partial charge < -0.3 is 33.9 Å². The second-order valence-corrected chi connectivity index (χ2v) is 6.16. The maximum atomic E-state index is 9.91. The first kappa shape index (κ1) is 19.8. The third-order valence-corrected chi connectivity index (χ3v) is 3.40. The Labute approximate surface area is 132 Å². The lowest BCUT2D eigenvalue weighted by atomic mass is 10.1. The quantitative estimate of drug-likeness (QED) is 0.613. The number of methoxy groups -OCH3 is 1. The normalized spacial score (nSPS) is 29.0. The van der Waals surface area contributed by atoms with Gasteiger partial charge in [-0.15, -0.1) is 0 Å². The summed E-state index contributed by atoms with van der Waals surface area (Å²) in [5, 5.41) is 19.1. The van der Waals surface area contributed by atoms with E-state index in [4.69, 9.17) is 23.7 Å². The molecule has 1 aliphatic rings. The summed E-state index contributed by atoms with van der Waals surface area (Å²) in [6.07, 6.45) is -2.75. The highest BCUT2D eigenvalue weighted by Gasteiger charge is 2.43. The van der Waals surface area contributed by atoms with E-state index in [1.54, 1.807) is 27.9 Å². The number of hydrogen-bond acceptors (Lipinski definition) is 7. The van der Waals surface area contributed by atoms with Crippen molar-refractivity contribution >= 4 is 0 Å². The van der Waals surface area contributed by atoms with Crippen molar-refractivity contribution in [2.75, 3.05) is 13.7 Å². The van der Waals surface area contributed by atoms with Crippen molar-refractivity contribution in [1.29, 1.82) is 0 Å². The first-order valence-corrected chi connectivity index (χ1v) is 7.66. The van der Waals surface area contributed by atoms with Crippen LogP contribution in [0.4, 0.5) is 0 Å². The molecule has 1 fully saturated rings. The second-order valence-electron chi connectivity index (χ2n) is 6.16. The van der Waals surface area contributed by atoms with Crippen molar-refractivity contribution < 1.29 is 33.9 Å². The summed E-state index contributed by atoms with van der Waals surface area (Å²) >= 11 is 0. The topological polar surface area (TPSA) is 86.6 Å². The SMILES string of the molecule is COC(C)(C)O[C@@H]1C[C@@H](OC(C)OC(C)C)[C@@H](C(O)CO)O1. The Bertz CT molecular complexity index is 321. The first-order valence-electron chi connectivity index (χ1n) is 7.66. The summed E-state index contributed by atoms with van der Waals surface area (Å²) in [6, 6.07) is 0. The molecule has 1 rings (SSSR count). The molecule has 0 aliphatic carbocycles. The average Bonchev–Trinajstić information content (AvgIpc) is 2.78. The van der Waals surface area contributed by atoms with Crippen LogP contribution in [0.15, 0.2) is 0 Å². The summed E-state index contributed by atoms with van der Waals surface area (Å²) in [5.41, 5.74) is 0. The zero-order valence-electron chi connectivity index (χ0n) is 14.3. The van der Waals surface area contributed by atoms with E-state index in [1.165, 1.54) is 0 Å². The van der Waals surface area contributed by atoms with Crippen LogP contribution in [0, 0.1) is 0 Å². The number of hydrogen-bond donors (Lipinski definition) is 2. The summed E-state index contributed by atoms with van der Waals surface area (Å²) < 4.78 is 27.9. The van der Waals surface area contributed by atoms with E-state index >= 15 is 0 Å². The van der Waals surface area contributed by atoms with Gasteiger partial charge in [-0.05, 0) is 34.6 Å². The van der Waals surface area contributed by atoms with Gasteiger partial charge in [0.15, 0.2) is 18.4 Å². The molecule has 22 heavy (non-hydrogen) atoms. The van der Waals surface area contributed by atoms with E-state index in [9.17, 15) is 10.2 Å². The van der Waals surface area contributed by atoms with Crippen LogP contribution in [-0.2, 0) is 23.7 Å². The van der Waals surface area contributed by atoms with E-state index in [-0.39, 0.29) is 6.10 Å². The third-order valence-electron chi connectivity index (χ3n) is 3.40. The van der Waals surface area contributed by atoms with Crippen LogP contribution in [-0.4, -0.2) is 66.7 Å². The van der Waals surface area contributed by atoms with E-state index in [0.717, 1.165) is 0 Å². The van der Waals surface area contributed by atoms with Crippen molar-refractivity contribution in [1.82, 2.24) is 0 Å². The van der Waals surface area contributed by atoms with Crippen LogP contribution in [0.3, 0.4) is 0 Å². The monoisotopic (exact) mass is 322 g/mol. The fraction of sp³-hybridized carbons (Fsp3) is 1.00. The Kier molecular flexibility index (Phi) is 7.67. The van der Waals surface area contributed by atoms with Crippen molar-refractivity contribution in [2.45, 2.75) is 83.8 Å². The van der Waals surface area contributed by atoms with Gasteiger partial charge in [-0.2, -0.15) is 0 Å². The Balaban J connectivity index is 2.67. The first-order chi connectivity index (χ1) is 10.2. The highest BCUT2D eigenvalue weighted by Crippen LogP contribution is 2.30. The number of aliphatic hydroxyl groups is 2. The van der Waals surface area contributed by atoms with Gasteiger partial charge in [0.25, 0.3) is 0 Å². The van der Waals surface area contributed by atoms with Gasteiger partial charge in [-0.3, -0.25) is 0 Å². The summed E-state index contributed by atoms with van der Waals surface area (Å²) in [6.45, 7) is 8.75. The zero-order valence-corrected chi connectivity index (χ0v) is 14.3. The second kappa shape index (κ2) is 8.54. The minimum absolute atomic E-state index is 0.0259. The molecular formula is C15H30O7. The zero-order chi connectivity index (χ0) is 16.9. The van der Waals surface area contributed by atoms with Crippen LogP contribution >= 0.6 is 0 Å². The molecule has 7 nitrogen and oxygen atoms in total. The Morgan fingerprint density at radius 2 is 1.91 bits per heavy atom. The molecule has 0 aromatic rings. The van der Waals surface area contributed by atoms with Gasteiger partial charge in [-0.25, -0.2) is 0 Å². The highest BCUT2D eigenvalue weighted by atomic mass is 16.8. The van der Waals surface area contributed by atoms with Crippen LogP contribution in [0.1, 0.15) is 41.0 Å². The molecule has 1 aliphatic heterocycles. The minimum atomic E-state index is -1.05. The maximum Gasteiger partial charge on any atom is 0.165 e. The molecule has 2 unspecified atom stereocenters. The summed E-state index contributed by atoms with van der Waals surface area (Å²) in [7, 11) is 1.54. The lowest BCUT2D eigenvalue weighted by molar-refractivity contribution is -0.284. The van der Waals surface area contributed by atoms with Gasteiger partial charge >= 0.3 is 0 Å². The van der Waals surface area contributed by atoms with Gasteiger partial charge in [0, 0.05) is 13.5 Å². The predicted octanol–water partition coefficient (Wildman–Crippen LogP) is 1.01. The average molecular weight is 322 g/mol. The molecular weight excluding hydrogens is 292 g/mol. The lowest BCUT2D eigenvalue weighted by Gasteiger charge is -2.27. The fourth-order valence-electron chi connectivity index (χ4n) is 2.32. The van der Waals surface area contributed by atoms with Gasteiger partial charge in [-0.1, -0.05) is 0 Å². The van der Waals surface area contributed by atoms with E-state index in [2.05, 4.69) is 0 Å². The van der Waals surface area contributed by atoms with E-state index in [0.29, 0.717) is 6.42 Å². The molecule has 1 heterocycles. The molecule has 0 aromatic heterocycles. The molecule has 0 aromatic carbocycles. The van der Waals surface area contributed by atoms with Crippen LogP contribution in [0.25, 0.3) is 0 Å². The Morgan fingerprint density at radius 1 is 1.27 bits per heavy atom. The Hall–Kier alpha value is -0.280. The highest BCUT2D eigenvalue weighted by molar-refractivity contribution is 4.86. The molecule has 7 heteroatoms. The molecule has 0 amide bonds. The molecule has 2 N–H and O–H groups in total. The molecule has 132 valence electrons. The number of rotatable bonds is 9. The maximum absolute atomic E-state index is 9.91. The molecule has 0 saturated carbocycles. The number of ether oxygens (including phenoxy) is 5. The third kappa shape index (κ3) is 6.08. The summed E-state index contributed by atoms with van der Waals surface area (Å²) in [4.78, 5) is 0. The van der Waals surface area contributed by atoms with E-state index < -0.39 is 43.3 Å². The minimum Gasteiger partial charge on any atom is -0.394 e. The van der Waals surface area contributed by atoms with Crippen LogP contribution in [0.2, 0.25) is 0 Å². The predicted molar refractivity (Wildman–Crippen MR) is 79.1 cm³/mol. The van der Waals surface area contributed by atoms with Crippen molar-refractivity contribution in [2.24, 2.45) is 0 Å². The van der Waals surface area contributed by atoms with Crippen molar-refractivity contribution in [3.63, 3.8) is 0 Å². The summed E-state index contributed by atoms with van der Waals surface area (Å²) in [5.74, 6) is -0.811. The van der Waals surface area contributed by atoms with Crippen molar-refractivity contribution in [3.05, 3.63) is 0 Å². The van der Waals surface area contributed by atoms with Crippen molar-refractivity contribution in [3.8, 4) is 0 Å². The molecule has 0 spiro atoms. The van der Waals surface area contributed by atoms with Gasteiger partial charge in [0.1, 0.15) is 12.2 Å². The van der Waals surface area contributed by atoms with Gasteiger partial charge in [0.2, 0.25) is 0 Å².